The lowest BCUT2D eigenvalue weighted by Gasteiger charge is -2.15. The standard InChI is InChI=1S/C20H13F2N5O10S3/c21-16-19(22)23-8-24-20(16)25-12-7-10(38(29,30)31)5-9-6-14(40(35,36)37)17(18(28)15(9)12)27-26-11-3-1-2-4-13(11)39(32,33)34/h1-8,28H,(H,23,24,25)(H,29,30,31)(H,32,33,34)(H,35,36,37). The molecule has 0 fully saturated rings. The first-order chi connectivity index (χ1) is 18.5. The third-order valence-electron chi connectivity index (χ3n) is 5.10. The van der Waals surface area contributed by atoms with Crippen molar-refractivity contribution in [1.29, 1.82) is 0 Å². The summed E-state index contributed by atoms with van der Waals surface area (Å²) in [5.74, 6) is -5.26. The number of azo groups is 1. The van der Waals surface area contributed by atoms with Gasteiger partial charge >= 0.3 is 0 Å². The Hall–Kier alpha value is -4.21. The third-order valence-corrected chi connectivity index (χ3v) is 7.70. The Morgan fingerprint density at radius 3 is 2.08 bits per heavy atom. The molecule has 0 spiro atoms. The van der Waals surface area contributed by atoms with Gasteiger partial charge in [-0.05, 0) is 35.7 Å². The maximum absolute atomic E-state index is 14.3. The molecule has 3 aromatic carbocycles. The highest BCUT2D eigenvalue weighted by Crippen LogP contribution is 2.46. The number of hydrogen-bond donors (Lipinski definition) is 5. The van der Waals surface area contributed by atoms with E-state index in [1.54, 1.807) is 0 Å². The fourth-order valence-electron chi connectivity index (χ4n) is 3.43. The average Bonchev–Trinajstić information content (AvgIpc) is 2.84. The lowest BCUT2D eigenvalue weighted by atomic mass is 10.1. The van der Waals surface area contributed by atoms with Crippen molar-refractivity contribution in [2.45, 2.75) is 14.7 Å². The van der Waals surface area contributed by atoms with Crippen molar-refractivity contribution < 1.29 is 52.8 Å². The zero-order valence-electron chi connectivity index (χ0n) is 19.1. The topological polar surface area (TPSA) is 246 Å². The largest absolute Gasteiger partial charge is 0.505 e. The zero-order valence-corrected chi connectivity index (χ0v) is 21.6. The number of fused-ring (bicyclic) bond motifs is 1. The van der Waals surface area contributed by atoms with Gasteiger partial charge in [-0.25, -0.2) is 9.97 Å². The summed E-state index contributed by atoms with van der Waals surface area (Å²) >= 11 is 0. The summed E-state index contributed by atoms with van der Waals surface area (Å²) in [6, 6.07) is 6.41. The highest BCUT2D eigenvalue weighted by atomic mass is 32.2. The van der Waals surface area contributed by atoms with Crippen molar-refractivity contribution in [3.8, 4) is 5.75 Å². The first kappa shape index (κ1) is 28.8. The first-order valence-corrected chi connectivity index (χ1v) is 14.5. The van der Waals surface area contributed by atoms with Crippen LogP contribution in [0.5, 0.6) is 5.75 Å². The van der Waals surface area contributed by atoms with Crippen molar-refractivity contribution >= 4 is 64.0 Å². The Morgan fingerprint density at radius 1 is 0.800 bits per heavy atom. The Kier molecular flexibility index (Phi) is 7.25. The van der Waals surface area contributed by atoms with Crippen molar-refractivity contribution in [2.75, 3.05) is 5.32 Å². The number of aromatic nitrogens is 2. The van der Waals surface area contributed by atoms with Gasteiger partial charge in [0.15, 0.2) is 11.6 Å². The van der Waals surface area contributed by atoms with Crippen LogP contribution in [0.4, 0.5) is 31.7 Å². The predicted octanol–water partition coefficient (Wildman–Crippen LogP) is 3.51. The van der Waals surface area contributed by atoms with Crippen LogP contribution in [0.2, 0.25) is 0 Å². The van der Waals surface area contributed by atoms with Gasteiger partial charge in [0.1, 0.15) is 27.5 Å². The van der Waals surface area contributed by atoms with Crippen LogP contribution in [0.3, 0.4) is 0 Å². The maximum Gasteiger partial charge on any atom is 0.296 e. The van der Waals surface area contributed by atoms with E-state index in [0.29, 0.717) is 24.5 Å². The van der Waals surface area contributed by atoms with Crippen molar-refractivity contribution in [2.24, 2.45) is 10.2 Å². The van der Waals surface area contributed by atoms with E-state index in [2.05, 4.69) is 25.5 Å². The number of hydrogen-bond acceptors (Lipinski definition) is 12. The second-order valence-electron chi connectivity index (χ2n) is 7.69. The minimum Gasteiger partial charge on any atom is -0.505 e. The van der Waals surface area contributed by atoms with Crippen LogP contribution in [-0.2, 0) is 30.4 Å². The van der Waals surface area contributed by atoms with E-state index in [4.69, 9.17) is 0 Å². The highest BCUT2D eigenvalue weighted by Gasteiger charge is 2.26. The molecular formula is C20H13F2N5O10S3. The quantitative estimate of drug-likeness (QED) is 0.113. The normalized spacial score (nSPS) is 12.7. The number of halogens is 2. The number of rotatable bonds is 7. The smallest absolute Gasteiger partial charge is 0.296 e. The Balaban J connectivity index is 2.07. The number of anilines is 2. The summed E-state index contributed by atoms with van der Waals surface area (Å²) in [5, 5.41) is 19.3. The molecule has 210 valence electrons. The van der Waals surface area contributed by atoms with Gasteiger partial charge in [0.2, 0.25) is 5.82 Å². The van der Waals surface area contributed by atoms with Crippen LogP contribution in [0, 0.1) is 11.8 Å². The van der Waals surface area contributed by atoms with Crippen LogP contribution in [0.25, 0.3) is 10.8 Å². The fraction of sp³-hybridized carbons (Fsp3) is 0. The lowest BCUT2D eigenvalue weighted by Crippen LogP contribution is -2.05. The molecule has 20 heteroatoms. The van der Waals surface area contributed by atoms with E-state index in [1.807, 2.05) is 0 Å². The Bertz CT molecular complexity index is 2060. The van der Waals surface area contributed by atoms with Gasteiger partial charge in [-0.1, -0.05) is 12.1 Å². The number of phenols is 1. The molecule has 1 aromatic heterocycles. The Labute approximate surface area is 223 Å². The van der Waals surface area contributed by atoms with Crippen LogP contribution >= 0.6 is 0 Å². The van der Waals surface area contributed by atoms with Gasteiger partial charge in [-0.2, -0.15) is 34.0 Å². The average molecular weight is 618 g/mol. The summed E-state index contributed by atoms with van der Waals surface area (Å²) in [6.07, 6.45) is 0.595. The molecule has 0 aliphatic rings. The Morgan fingerprint density at radius 2 is 1.45 bits per heavy atom. The minimum atomic E-state index is -5.27. The van der Waals surface area contributed by atoms with E-state index in [-0.39, 0.29) is 0 Å². The molecule has 5 N–H and O–H groups in total. The van der Waals surface area contributed by atoms with E-state index in [9.17, 15) is 52.8 Å². The number of phenolic OH excluding ortho intramolecular Hbond substituents is 1. The van der Waals surface area contributed by atoms with Crippen LogP contribution in [0.15, 0.2) is 73.7 Å². The zero-order chi connectivity index (χ0) is 29.6. The van der Waals surface area contributed by atoms with Crippen molar-refractivity contribution in [3.05, 3.63) is 60.6 Å². The second-order valence-corrected chi connectivity index (χ2v) is 11.9. The molecule has 4 rings (SSSR count). The molecule has 0 unspecified atom stereocenters. The molecule has 0 saturated carbocycles. The van der Waals surface area contributed by atoms with E-state index >= 15 is 0 Å². The summed E-state index contributed by atoms with van der Waals surface area (Å²) in [7, 11) is -15.1. The van der Waals surface area contributed by atoms with E-state index in [0.717, 1.165) is 12.1 Å². The van der Waals surface area contributed by atoms with Crippen molar-refractivity contribution in [1.82, 2.24) is 9.97 Å². The summed E-state index contributed by atoms with van der Waals surface area (Å²) in [4.78, 5) is 3.62. The molecule has 0 radical (unpaired) electrons. The molecule has 0 amide bonds. The van der Waals surface area contributed by atoms with Gasteiger partial charge < -0.3 is 10.4 Å². The van der Waals surface area contributed by atoms with Gasteiger partial charge in [0, 0.05) is 5.39 Å². The summed E-state index contributed by atoms with van der Waals surface area (Å²) < 4.78 is 128. The summed E-state index contributed by atoms with van der Waals surface area (Å²) in [6.45, 7) is 0. The van der Waals surface area contributed by atoms with Crippen LogP contribution < -0.4 is 5.32 Å². The molecule has 0 atom stereocenters. The van der Waals surface area contributed by atoms with E-state index in [1.165, 1.54) is 12.1 Å². The molecule has 15 nitrogen and oxygen atoms in total. The van der Waals surface area contributed by atoms with Gasteiger partial charge in [0.05, 0.1) is 10.6 Å². The molecule has 1 heterocycles. The first-order valence-electron chi connectivity index (χ1n) is 10.2. The van der Waals surface area contributed by atoms with E-state index < -0.39 is 96.2 Å². The molecule has 0 saturated heterocycles. The summed E-state index contributed by atoms with van der Waals surface area (Å²) in [5.41, 5.74) is -2.13. The lowest BCUT2D eigenvalue weighted by molar-refractivity contribution is 0.471. The molecule has 0 aliphatic heterocycles. The monoisotopic (exact) mass is 617 g/mol. The fourth-order valence-corrected chi connectivity index (χ4v) is 5.25. The van der Waals surface area contributed by atoms with Gasteiger partial charge in [-0.15, -0.1) is 10.2 Å². The van der Waals surface area contributed by atoms with Gasteiger partial charge in [0.25, 0.3) is 36.3 Å². The maximum atomic E-state index is 14.3. The molecular weight excluding hydrogens is 604 g/mol. The third kappa shape index (κ3) is 5.71. The number of benzene rings is 3. The minimum absolute atomic E-state index is 0.491. The number of nitrogens with one attached hydrogen (secondary N) is 1. The van der Waals surface area contributed by atoms with Crippen LogP contribution in [0.1, 0.15) is 0 Å². The molecule has 4 aromatic rings. The SMILES string of the molecule is O=S(=O)(O)c1cc(Nc2ncnc(F)c2F)c2c(O)c(N=Nc3ccccc3S(=O)(=O)O)c(S(=O)(=O)O)cc2c1. The van der Waals surface area contributed by atoms with Gasteiger partial charge in [-0.3, -0.25) is 13.7 Å². The molecule has 0 bridgehead atoms. The highest BCUT2D eigenvalue weighted by molar-refractivity contribution is 7.86. The molecule has 40 heavy (non-hydrogen) atoms. The van der Waals surface area contributed by atoms with Crippen LogP contribution in [-0.4, -0.2) is 54.0 Å². The number of aromatic hydroxyl groups is 1. The number of nitrogens with zero attached hydrogens (tertiary/aromatic N) is 4. The molecule has 0 aliphatic carbocycles. The second kappa shape index (κ2) is 10.1. The van der Waals surface area contributed by atoms with Crippen molar-refractivity contribution in [3.63, 3.8) is 0 Å². The predicted molar refractivity (Wildman–Crippen MR) is 131 cm³/mol.